The minimum absolute atomic E-state index is 0.112. The number of amides is 1. The molecule has 1 aliphatic heterocycles. The highest BCUT2D eigenvalue weighted by atomic mass is 35.5. The molecule has 4 atom stereocenters. The van der Waals surface area contributed by atoms with Crippen molar-refractivity contribution in [2.45, 2.75) is 57.0 Å². The van der Waals surface area contributed by atoms with Gasteiger partial charge in [-0.2, -0.15) is 0 Å². The van der Waals surface area contributed by atoms with Gasteiger partial charge in [0.05, 0.1) is 25.1 Å². The van der Waals surface area contributed by atoms with Crippen LogP contribution in [0.5, 0.6) is 0 Å². The molecule has 1 saturated carbocycles. The van der Waals surface area contributed by atoms with Crippen LogP contribution in [0.15, 0.2) is 48.5 Å². The van der Waals surface area contributed by atoms with E-state index in [1.54, 1.807) is 0 Å². The highest BCUT2D eigenvalue weighted by molar-refractivity contribution is 6.30. The smallest absolute Gasteiger partial charge is 0.304 e. The molecule has 0 aromatic heterocycles. The number of nitrogens with zero attached hydrogens (tertiary/aromatic N) is 1. The second kappa shape index (κ2) is 11.1. The molecular weight excluding hydrogens is 473 g/mol. The van der Waals surface area contributed by atoms with Gasteiger partial charge in [0, 0.05) is 28.5 Å². The van der Waals surface area contributed by atoms with E-state index in [0.717, 1.165) is 11.1 Å². The third kappa shape index (κ3) is 5.94. The predicted octanol–water partition coefficient (Wildman–Crippen LogP) is 6.35. The lowest BCUT2D eigenvalue weighted by Crippen LogP contribution is -2.53. The van der Waals surface area contributed by atoms with Gasteiger partial charge in [-0.3, -0.25) is 9.59 Å². The number of hydrogen-bond acceptors (Lipinski definition) is 3. The molecule has 2 unspecified atom stereocenters. The van der Waals surface area contributed by atoms with Crippen molar-refractivity contribution >= 4 is 35.1 Å². The number of halogens is 2. The Morgan fingerprint density at radius 1 is 1.12 bits per heavy atom. The number of carboxylic acids is 1. The molecule has 0 spiro atoms. The van der Waals surface area contributed by atoms with Gasteiger partial charge in [0.2, 0.25) is 5.91 Å². The molecule has 1 N–H and O–H groups in total. The third-order valence-electron chi connectivity index (χ3n) is 6.96. The van der Waals surface area contributed by atoms with Gasteiger partial charge in [0.15, 0.2) is 0 Å². The lowest BCUT2D eigenvalue weighted by Gasteiger charge is -2.48. The van der Waals surface area contributed by atoms with Gasteiger partial charge in [0.25, 0.3) is 0 Å². The minimum atomic E-state index is -0.967. The zero-order valence-corrected chi connectivity index (χ0v) is 20.8. The monoisotopic (exact) mass is 503 g/mol. The van der Waals surface area contributed by atoms with Crippen LogP contribution in [0.25, 0.3) is 0 Å². The van der Waals surface area contributed by atoms with Crippen molar-refractivity contribution in [2.24, 2.45) is 11.8 Å². The first-order valence-corrected chi connectivity index (χ1v) is 12.8. The van der Waals surface area contributed by atoms with Crippen LogP contribution >= 0.6 is 23.2 Å². The zero-order chi connectivity index (χ0) is 24.2. The average Bonchev–Trinajstić information content (AvgIpc) is 3.63. The van der Waals surface area contributed by atoms with E-state index in [1.807, 2.05) is 60.4 Å². The topological polar surface area (TPSA) is 66.8 Å². The Balaban J connectivity index is 1.76. The van der Waals surface area contributed by atoms with Crippen molar-refractivity contribution in [1.29, 1.82) is 0 Å². The number of ether oxygens (including phenoxy) is 1. The number of piperidine rings is 1. The first-order valence-electron chi connectivity index (χ1n) is 12.0. The van der Waals surface area contributed by atoms with Crippen LogP contribution in [0, 0.1) is 11.8 Å². The molecule has 0 bridgehead atoms. The maximum absolute atomic E-state index is 13.8. The van der Waals surface area contributed by atoms with Crippen molar-refractivity contribution in [1.82, 2.24) is 4.90 Å². The molecule has 1 heterocycles. The Hall–Kier alpha value is -2.08. The largest absolute Gasteiger partial charge is 0.481 e. The number of rotatable bonds is 10. The van der Waals surface area contributed by atoms with Crippen LogP contribution in [-0.2, 0) is 14.3 Å². The van der Waals surface area contributed by atoms with Gasteiger partial charge >= 0.3 is 5.97 Å². The number of benzene rings is 2. The molecule has 7 heteroatoms. The fourth-order valence-electron chi connectivity index (χ4n) is 5.03. The maximum atomic E-state index is 13.8. The normalized spacial score (nSPS) is 23.7. The summed E-state index contributed by atoms with van der Waals surface area (Å²) in [6, 6.07) is 14.8. The van der Waals surface area contributed by atoms with Gasteiger partial charge in [-0.25, -0.2) is 0 Å². The number of carboxylic acid groups (broad SMARTS) is 1. The fraction of sp³-hybridized carbons (Fsp3) is 0.481. The van der Waals surface area contributed by atoms with Gasteiger partial charge in [-0.05, 0) is 67.0 Å². The molecule has 1 amide bonds. The number of hydrogen-bond donors (Lipinski definition) is 1. The Labute approximate surface area is 211 Å². The molecule has 1 aliphatic carbocycles. The molecular formula is C27H31Cl2NO4. The van der Waals surface area contributed by atoms with Crippen molar-refractivity contribution in [3.63, 3.8) is 0 Å². The van der Waals surface area contributed by atoms with Crippen LogP contribution in [0.3, 0.4) is 0 Å². The van der Waals surface area contributed by atoms with Crippen LogP contribution < -0.4 is 0 Å². The minimum Gasteiger partial charge on any atom is -0.481 e. The summed E-state index contributed by atoms with van der Waals surface area (Å²) >= 11 is 12.5. The summed E-state index contributed by atoms with van der Waals surface area (Å²) in [5.41, 5.74) is 1.96. The van der Waals surface area contributed by atoms with Gasteiger partial charge in [-0.15, -0.1) is 0 Å². The number of aliphatic carboxylic acids is 1. The van der Waals surface area contributed by atoms with Crippen LogP contribution in [0.1, 0.15) is 62.1 Å². The average molecular weight is 504 g/mol. The summed E-state index contributed by atoms with van der Waals surface area (Å²) in [4.78, 5) is 27.4. The number of carbonyl (C=O) groups excluding carboxylic acids is 1. The van der Waals surface area contributed by atoms with Crippen molar-refractivity contribution in [3.8, 4) is 0 Å². The second-order valence-electron chi connectivity index (χ2n) is 9.48. The van der Waals surface area contributed by atoms with E-state index in [0.29, 0.717) is 42.0 Å². The van der Waals surface area contributed by atoms with Gasteiger partial charge in [0.1, 0.15) is 0 Å². The van der Waals surface area contributed by atoms with Crippen molar-refractivity contribution in [2.75, 3.05) is 13.2 Å². The van der Waals surface area contributed by atoms with Crippen LogP contribution in [-0.4, -0.2) is 41.1 Å². The quantitative estimate of drug-likeness (QED) is 0.410. The molecule has 2 aromatic rings. The molecule has 5 nitrogen and oxygen atoms in total. The van der Waals surface area contributed by atoms with Crippen LogP contribution in [0.4, 0.5) is 0 Å². The van der Waals surface area contributed by atoms with E-state index in [9.17, 15) is 14.7 Å². The Morgan fingerprint density at radius 2 is 1.85 bits per heavy atom. The Kier molecular flexibility index (Phi) is 8.18. The number of likely N-dealkylation sites (tertiary alicyclic amines) is 1. The third-order valence-corrected chi connectivity index (χ3v) is 7.44. The second-order valence-corrected chi connectivity index (χ2v) is 10.3. The maximum Gasteiger partial charge on any atom is 0.304 e. The van der Waals surface area contributed by atoms with Gasteiger partial charge < -0.3 is 14.7 Å². The van der Waals surface area contributed by atoms with Crippen molar-refractivity contribution in [3.05, 3.63) is 69.7 Å². The number of carbonyl (C=O) groups is 2. The van der Waals surface area contributed by atoms with E-state index < -0.39 is 11.9 Å². The summed E-state index contributed by atoms with van der Waals surface area (Å²) in [6.07, 6.45) is 3.35. The van der Waals surface area contributed by atoms with Crippen molar-refractivity contribution < 1.29 is 19.4 Å². The van der Waals surface area contributed by atoms with E-state index in [2.05, 4.69) is 0 Å². The Bertz CT molecular complexity index is 1010. The first kappa shape index (κ1) is 25.0. The lowest BCUT2D eigenvalue weighted by atomic mass is 9.74. The molecule has 34 heavy (non-hydrogen) atoms. The molecule has 2 aromatic carbocycles. The highest BCUT2D eigenvalue weighted by Crippen LogP contribution is 2.47. The van der Waals surface area contributed by atoms with Crippen LogP contribution in [0.2, 0.25) is 10.0 Å². The molecule has 4 rings (SSSR count). The molecule has 1 saturated heterocycles. The van der Waals surface area contributed by atoms with E-state index in [1.165, 1.54) is 12.8 Å². The summed E-state index contributed by atoms with van der Waals surface area (Å²) in [6.45, 7) is 3.19. The van der Waals surface area contributed by atoms with Gasteiger partial charge in [-0.1, -0.05) is 54.4 Å². The molecule has 0 radical (unpaired) electrons. The SMILES string of the molecule is CCC(COCC1CC1)N1C(=O)[C@@H](CC(=O)O)CC(c2cccc(Cl)c2)[C@H]1c1ccc(Cl)cc1. The highest BCUT2D eigenvalue weighted by Gasteiger charge is 2.46. The predicted molar refractivity (Wildman–Crippen MR) is 133 cm³/mol. The summed E-state index contributed by atoms with van der Waals surface area (Å²) < 4.78 is 6.04. The van der Waals surface area contributed by atoms with E-state index in [-0.39, 0.29) is 30.3 Å². The molecule has 182 valence electrons. The fourth-order valence-corrected chi connectivity index (χ4v) is 5.35. The molecule has 2 fully saturated rings. The first-order chi connectivity index (χ1) is 16.4. The lowest BCUT2D eigenvalue weighted by molar-refractivity contribution is -0.154. The van der Waals surface area contributed by atoms with E-state index in [4.69, 9.17) is 27.9 Å². The zero-order valence-electron chi connectivity index (χ0n) is 19.3. The standard InChI is InChI=1S/C27H31Cl2NO4/c1-2-23(16-34-15-17-6-7-17)30-26(18-8-10-21(28)11-9-18)24(19-4-3-5-22(29)12-19)13-20(27(30)33)14-25(31)32/h3-5,8-12,17,20,23-24,26H,2,6-7,13-16H2,1H3,(H,31,32)/t20-,23?,24?,26-/m1/s1. The van der Waals surface area contributed by atoms with E-state index >= 15 is 0 Å². The summed E-state index contributed by atoms with van der Waals surface area (Å²) in [7, 11) is 0. The summed E-state index contributed by atoms with van der Waals surface area (Å²) in [5, 5.41) is 10.8. The Morgan fingerprint density at radius 3 is 2.47 bits per heavy atom. The molecule has 2 aliphatic rings. The summed E-state index contributed by atoms with van der Waals surface area (Å²) in [5.74, 6) is -1.18.